The SMILES string of the molecule is COC[C@H]1O[C@@H](n2cc(C)c(OCC(C)c3ccccc3[N+](=O)[O-])nc2=O)CC1OP(=O)(O)OC.[3H]N=PP. The Labute approximate surface area is 224 Å². The third-order valence-electron chi connectivity index (χ3n) is 5.54. The number of hydrogen-bond donors (Lipinski definition) is 2. The van der Waals surface area contributed by atoms with Crippen molar-refractivity contribution in [1.29, 1.82) is 5.15 Å². The molecular weight excluding hydrogens is 561 g/mol. The normalized spacial score (nSPS) is 21.7. The molecule has 0 aliphatic carbocycles. The number of para-hydroxylation sites is 1. The minimum absolute atomic E-state index is 0.00892. The number of benzene rings is 1. The fourth-order valence-corrected chi connectivity index (χ4v) is 4.43. The highest BCUT2D eigenvalue weighted by Gasteiger charge is 2.41. The molecule has 2 aromatic rings. The van der Waals surface area contributed by atoms with Crippen molar-refractivity contribution >= 4 is 30.5 Å². The minimum atomic E-state index is -4.29. The Hall–Kier alpha value is -2.14. The van der Waals surface area contributed by atoms with Gasteiger partial charge in [0.2, 0.25) is 5.88 Å². The largest absolute Gasteiger partial charge is 0.477 e. The number of phosphoric acid groups is 1. The van der Waals surface area contributed by atoms with Gasteiger partial charge in [-0.2, -0.15) is 4.98 Å². The molecule has 0 radical (unpaired) electrons. The van der Waals surface area contributed by atoms with Crippen molar-refractivity contribution in [2.75, 3.05) is 27.4 Å². The zero-order chi connectivity index (χ0) is 29.2. The van der Waals surface area contributed by atoms with Crippen molar-refractivity contribution < 1.29 is 39.1 Å². The van der Waals surface area contributed by atoms with Gasteiger partial charge < -0.3 is 19.1 Å². The Morgan fingerprint density at radius 2 is 2.16 bits per heavy atom. The molecule has 2 heterocycles. The second-order valence-corrected chi connectivity index (χ2v) is 10.6. The average molecular weight is 594 g/mol. The number of methoxy groups -OCH3 is 1. The van der Waals surface area contributed by atoms with Gasteiger partial charge >= 0.3 is 13.5 Å². The van der Waals surface area contributed by atoms with Gasteiger partial charge in [0, 0.05) is 58.0 Å². The predicted octanol–water partition coefficient (Wildman–Crippen LogP) is 4.19. The van der Waals surface area contributed by atoms with Gasteiger partial charge in [-0.3, -0.25) is 28.9 Å². The van der Waals surface area contributed by atoms with E-state index in [1.54, 1.807) is 32.0 Å². The molecular formula is C21H31N4O10P3. The third-order valence-corrected chi connectivity index (χ3v) is 6.54. The van der Waals surface area contributed by atoms with E-state index in [1.165, 1.54) is 23.9 Å². The van der Waals surface area contributed by atoms with Gasteiger partial charge in [-0.1, -0.05) is 34.1 Å². The number of aryl methyl sites for hydroxylation is 1. The van der Waals surface area contributed by atoms with E-state index in [-0.39, 0.29) is 37.1 Å². The Balaban J connectivity index is 0.00000124. The lowest BCUT2D eigenvalue weighted by molar-refractivity contribution is -0.385. The van der Waals surface area contributed by atoms with Gasteiger partial charge in [0.15, 0.2) is 1.41 Å². The summed E-state index contributed by atoms with van der Waals surface area (Å²) in [6.45, 7) is 3.60. The van der Waals surface area contributed by atoms with Crippen molar-refractivity contribution in [3.63, 3.8) is 0 Å². The number of rotatable bonds is 11. The molecule has 0 saturated carbocycles. The van der Waals surface area contributed by atoms with Crippen molar-refractivity contribution in [2.24, 2.45) is 0 Å². The first-order valence-electron chi connectivity index (χ1n) is 11.6. The summed E-state index contributed by atoms with van der Waals surface area (Å²) in [5.74, 6) is -0.240. The van der Waals surface area contributed by atoms with E-state index in [9.17, 15) is 24.4 Å². The number of nitro groups is 1. The minimum Gasteiger partial charge on any atom is -0.477 e. The monoisotopic (exact) mass is 594 g/mol. The van der Waals surface area contributed by atoms with Gasteiger partial charge in [0.1, 0.15) is 18.4 Å². The molecule has 0 amide bonds. The molecule has 4 unspecified atom stereocenters. The highest BCUT2D eigenvalue weighted by Crippen LogP contribution is 2.47. The van der Waals surface area contributed by atoms with E-state index in [2.05, 4.69) is 23.6 Å². The summed E-state index contributed by atoms with van der Waals surface area (Å²) in [5, 5.41) is 14.2. The molecule has 0 bridgehead atoms. The summed E-state index contributed by atoms with van der Waals surface area (Å²) >= 11 is 0. The molecule has 38 heavy (non-hydrogen) atoms. The smallest absolute Gasteiger partial charge is 0.472 e. The first kappa shape index (κ1) is 30.4. The van der Waals surface area contributed by atoms with Crippen LogP contribution in [0.4, 0.5) is 5.69 Å². The van der Waals surface area contributed by atoms with Crippen LogP contribution in [0.3, 0.4) is 0 Å². The second-order valence-electron chi connectivity index (χ2n) is 8.18. The van der Waals surface area contributed by atoms with E-state index in [4.69, 9.17) is 20.1 Å². The number of nitrogens with one attached hydrogen (secondary N) is 1. The van der Waals surface area contributed by atoms with Crippen LogP contribution < -0.4 is 10.4 Å². The number of phosphoric ester groups is 1. The second kappa shape index (κ2) is 14.9. The summed E-state index contributed by atoms with van der Waals surface area (Å²) in [5.41, 5.74) is 0.366. The van der Waals surface area contributed by atoms with E-state index in [0.717, 1.165) is 7.11 Å². The standard InChI is InChI=1S/C21H28N3O10P.H3NP2/c1-13-10-23(19-9-17(18(33-19)12-30-3)34-35(28,29)31-4)21(25)22-20(13)32-11-14(2)15-7-5-6-8-16(15)24(26)27;1-3-2/h5-8,10,14,17-19H,9,11-12H2,1-4H3,(H,28,29);1H,2H2/t14?,17?,18-,19-;/m1./s1/i/hT. The molecule has 1 saturated heterocycles. The molecule has 17 heteroatoms. The first-order valence-corrected chi connectivity index (χ1v) is 15.2. The molecule has 1 aliphatic rings. The van der Waals surface area contributed by atoms with Crippen LogP contribution in [0, 0.1) is 22.2 Å². The maximum Gasteiger partial charge on any atom is 0.472 e. The van der Waals surface area contributed by atoms with E-state index in [0.29, 0.717) is 19.2 Å². The topological polar surface area (TPSA) is 185 Å². The zero-order valence-electron chi connectivity index (χ0n) is 22.2. The Morgan fingerprint density at radius 1 is 1.47 bits per heavy atom. The van der Waals surface area contributed by atoms with Crippen LogP contribution in [0.5, 0.6) is 5.88 Å². The summed E-state index contributed by atoms with van der Waals surface area (Å²) in [4.78, 5) is 37.3. The van der Waals surface area contributed by atoms with E-state index in [1.807, 2.05) is 0 Å². The van der Waals surface area contributed by atoms with Crippen LogP contribution in [0.2, 0.25) is 1.41 Å². The lowest BCUT2D eigenvalue weighted by Gasteiger charge is -2.19. The maximum atomic E-state index is 12.8. The third kappa shape index (κ3) is 8.69. The van der Waals surface area contributed by atoms with Gasteiger partial charge in [-0.25, -0.2) is 9.36 Å². The molecule has 1 aromatic carbocycles. The fourth-order valence-electron chi connectivity index (χ4n) is 3.78. The van der Waals surface area contributed by atoms with Gasteiger partial charge in [-0.15, -0.1) is 0 Å². The van der Waals surface area contributed by atoms with Crippen molar-refractivity contribution in [2.45, 2.75) is 44.6 Å². The van der Waals surface area contributed by atoms with Gasteiger partial charge in [0.25, 0.3) is 5.69 Å². The Kier molecular flexibility index (Phi) is 11.9. The summed E-state index contributed by atoms with van der Waals surface area (Å²) in [6, 6.07) is 6.38. The molecule has 14 nitrogen and oxygen atoms in total. The molecule has 0 spiro atoms. The average Bonchev–Trinajstić information content (AvgIpc) is 3.30. The molecule has 2 N–H and O–H groups in total. The predicted molar refractivity (Wildman–Crippen MR) is 142 cm³/mol. The van der Waals surface area contributed by atoms with Crippen LogP contribution in [0.1, 0.15) is 36.6 Å². The number of hydrogen-bond acceptors (Lipinski definition) is 11. The molecule has 1 aromatic heterocycles. The summed E-state index contributed by atoms with van der Waals surface area (Å²) in [7, 11) is 1.18. The lowest BCUT2D eigenvalue weighted by atomic mass is 10.0. The number of aromatic nitrogens is 2. The van der Waals surface area contributed by atoms with Crippen LogP contribution in [-0.2, 0) is 23.1 Å². The quantitative estimate of drug-likeness (QED) is 0.216. The first-order chi connectivity index (χ1) is 18.5. The number of nitro benzene ring substituents is 1. The van der Waals surface area contributed by atoms with Crippen molar-refractivity contribution in [1.82, 2.24) is 9.55 Å². The van der Waals surface area contributed by atoms with E-state index >= 15 is 0 Å². The molecule has 6 atom stereocenters. The van der Waals surface area contributed by atoms with Crippen molar-refractivity contribution in [3.05, 3.63) is 62.2 Å². The van der Waals surface area contributed by atoms with E-state index < -0.39 is 36.9 Å². The zero-order valence-corrected chi connectivity index (χ0v) is 24.1. The fraction of sp³-hybridized carbons (Fsp3) is 0.524. The Morgan fingerprint density at radius 3 is 2.76 bits per heavy atom. The van der Waals surface area contributed by atoms with Gasteiger partial charge in [-0.05, 0) is 6.92 Å². The lowest BCUT2D eigenvalue weighted by Crippen LogP contribution is -2.29. The van der Waals surface area contributed by atoms with Crippen LogP contribution in [0.15, 0.2) is 35.3 Å². The summed E-state index contributed by atoms with van der Waals surface area (Å²) < 4.78 is 45.5. The van der Waals surface area contributed by atoms with Crippen LogP contribution in [-0.4, -0.2) is 59.0 Å². The molecule has 3 rings (SSSR count). The van der Waals surface area contributed by atoms with Crippen molar-refractivity contribution in [3.8, 4) is 5.88 Å². The molecule has 210 valence electrons. The maximum absolute atomic E-state index is 12.8. The molecule has 1 fully saturated rings. The number of ether oxygens (including phenoxy) is 3. The Bertz CT molecular complexity index is 1250. The summed E-state index contributed by atoms with van der Waals surface area (Å²) in [6.07, 6.45) is -0.812. The van der Waals surface area contributed by atoms with Crippen LogP contribution >= 0.6 is 24.8 Å². The molecule has 1 aliphatic heterocycles. The van der Waals surface area contributed by atoms with Gasteiger partial charge in [0.05, 0.1) is 18.1 Å². The highest BCUT2D eigenvalue weighted by atomic mass is 32.0. The van der Waals surface area contributed by atoms with Crippen LogP contribution in [0.25, 0.3) is 0 Å². The number of nitrogens with zero attached hydrogens (tertiary/aromatic N) is 3. The highest BCUT2D eigenvalue weighted by molar-refractivity contribution is 7.96.